The molecule has 0 amide bonds. The van der Waals surface area contributed by atoms with E-state index in [1.807, 2.05) is 35.7 Å². The van der Waals surface area contributed by atoms with E-state index in [9.17, 15) is 4.39 Å². The molecule has 4 N–H and O–H groups in total. The number of imidazole rings is 1. The van der Waals surface area contributed by atoms with Crippen LogP contribution < -0.4 is 16.4 Å². The van der Waals surface area contributed by atoms with E-state index in [0.29, 0.717) is 30.0 Å². The molecule has 0 bridgehead atoms. The van der Waals surface area contributed by atoms with Gasteiger partial charge < -0.3 is 21.3 Å². The van der Waals surface area contributed by atoms with Crippen molar-refractivity contribution in [2.45, 2.75) is 26.3 Å². The van der Waals surface area contributed by atoms with E-state index in [-0.39, 0.29) is 11.9 Å². The minimum absolute atomic E-state index is 0.201. The number of benzene rings is 2. The SMILES string of the molecule is C=C(c1ccc(Nc2nccn3c(-c4ccc(CC)c(F)c4)cnc23)cc1C)N1CCNCC1CN. The van der Waals surface area contributed by atoms with Gasteiger partial charge in [0.05, 0.1) is 17.9 Å². The maximum atomic E-state index is 14.4. The molecule has 0 spiro atoms. The lowest BCUT2D eigenvalue weighted by atomic mass is 10.0. The summed E-state index contributed by atoms with van der Waals surface area (Å²) in [6.45, 7) is 11.7. The Balaban J connectivity index is 1.41. The van der Waals surface area contributed by atoms with E-state index >= 15 is 0 Å². The van der Waals surface area contributed by atoms with Crippen LogP contribution in [-0.2, 0) is 6.42 Å². The summed E-state index contributed by atoms with van der Waals surface area (Å²) in [5.41, 5.74) is 13.1. The van der Waals surface area contributed by atoms with Crippen molar-refractivity contribution in [1.29, 1.82) is 0 Å². The number of halogens is 1. The number of nitrogens with two attached hydrogens (primary N) is 1. The smallest absolute Gasteiger partial charge is 0.180 e. The lowest BCUT2D eigenvalue weighted by molar-refractivity contribution is 0.249. The zero-order valence-electron chi connectivity index (χ0n) is 20.8. The Labute approximate surface area is 210 Å². The molecule has 2 aromatic carbocycles. The van der Waals surface area contributed by atoms with Crippen LogP contribution in [0.5, 0.6) is 0 Å². The zero-order chi connectivity index (χ0) is 25.2. The Morgan fingerprint density at radius 1 is 1.25 bits per heavy atom. The maximum absolute atomic E-state index is 14.4. The standard InChI is InChI=1S/C28H32FN7/c1-4-20-5-6-21(14-25(20)29)26-17-33-28-27(32-10-12-36(26)28)34-22-7-8-24(18(2)13-22)19(3)35-11-9-31-16-23(35)15-30/h5-8,10,12-14,17,23,31H,3-4,9,11,15-16,30H2,1-2H3,(H,32,34). The van der Waals surface area contributed by atoms with Gasteiger partial charge in [-0.05, 0) is 42.7 Å². The highest BCUT2D eigenvalue weighted by Gasteiger charge is 2.23. The van der Waals surface area contributed by atoms with Crippen molar-refractivity contribution in [2.75, 3.05) is 31.5 Å². The molecule has 5 rings (SSSR count). The molecule has 0 radical (unpaired) electrons. The number of hydrogen-bond donors (Lipinski definition) is 3. The van der Waals surface area contributed by atoms with Gasteiger partial charge in [-0.1, -0.05) is 31.7 Å². The molecule has 1 atom stereocenters. The summed E-state index contributed by atoms with van der Waals surface area (Å²) in [4.78, 5) is 11.4. The van der Waals surface area contributed by atoms with Crippen molar-refractivity contribution < 1.29 is 4.39 Å². The Bertz CT molecular complexity index is 1410. The number of piperazine rings is 1. The molecule has 1 fully saturated rings. The second-order valence-corrected chi connectivity index (χ2v) is 9.16. The molecule has 186 valence electrons. The highest BCUT2D eigenvalue weighted by Crippen LogP contribution is 2.29. The minimum atomic E-state index is -0.201. The van der Waals surface area contributed by atoms with Crippen LogP contribution in [0.2, 0.25) is 0 Å². The molecular weight excluding hydrogens is 453 g/mol. The second-order valence-electron chi connectivity index (χ2n) is 9.16. The topological polar surface area (TPSA) is 83.5 Å². The molecule has 0 saturated carbocycles. The largest absolute Gasteiger partial charge is 0.365 e. The van der Waals surface area contributed by atoms with Crippen molar-refractivity contribution in [1.82, 2.24) is 24.6 Å². The third-order valence-electron chi connectivity index (χ3n) is 6.93. The van der Waals surface area contributed by atoms with Gasteiger partial charge in [-0.15, -0.1) is 0 Å². The summed E-state index contributed by atoms with van der Waals surface area (Å²) in [6, 6.07) is 11.8. The molecule has 1 aliphatic rings. The van der Waals surface area contributed by atoms with Gasteiger partial charge >= 0.3 is 0 Å². The number of nitrogens with zero attached hydrogens (tertiary/aromatic N) is 4. The Kier molecular flexibility index (Phi) is 6.71. The Hall–Kier alpha value is -3.75. The van der Waals surface area contributed by atoms with Crippen molar-refractivity contribution in [3.63, 3.8) is 0 Å². The Morgan fingerprint density at radius 2 is 2.11 bits per heavy atom. The average Bonchev–Trinajstić information content (AvgIpc) is 3.33. The summed E-state index contributed by atoms with van der Waals surface area (Å²) in [6.07, 6.45) is 5.97. The van der Waals surface area contributed by atoms with Gasteiger partial charge in [0.15, 0.2) is 11.5 Å². The van der Waals surface area contributed by atoms with Crippen LogP contribution >= 0.6 is 0 Å². The summed E-state index contributed by atoms with van der Waals surface area (Å²) in [5, 5.41) is 6.81. The molecule has 7 nitrogen and oxygen atoms in total. The molecule has 4 aromatic rings. The van der Waals surface area contributed by atoms with Gasteiger partial charge in [-0.2, -0.15) is 0 Å². The van der Waals surface area contributed by atoms with Crippen LogP contribution in [-0.4, -0.2) is 51.5 Å². The van der Waals surface area contributed by atoms with E-state index in [4.69, 9.17) is 5.73 Å². The van der Waals surface area contributed by atoms with Crippen LogP contribution in [0.25, 0.3) is 22.6 Å². The number of aromatic nitrogens is 3. The predicted molar refractivity (Wildman–Crippen MR) is 144 cm³/mol. The van der Waals surface area contributed by atoms with Crippen molar-refractivity contribution >= 4 is 22.8 Å². The quantitative estimate of drug-likeness (QED) is 0.361. The van der Waals surface area contributed by atoms with E-state index < -0.39 is 0 Å². The predicted octanol–water partition coefficient (Wildman–Crippen LogP) is 4.35. The van der Waals surface area contributed by atoms with Crippen LogP contribution in [0.4, 0.5) is 15.9 Å². The van der Waals surface area contributed by atoms with Crippen molar-refractivity contribution in [2.24, 2.45) is 5.73 Å². The summed E-state index contributed by atoms with van der Waals surface area (Å²) in [5.74, 6) is 0.429. The first-order valence-corrected chi connectivity index (χ1v) is 12.4. The maximum Gasteiger partial charge on any atom is 0.180 e. The summed E-state index contributed by atoms with van der Waals surface area (Å²) < 4.78 is 16.4. The number of nitrogens with one attached hydrogen (secondary N) is 2. The summed E-state index contributed by atoms with van der Waals surface area (Å²) in [7, 11) is 0. The van der Waals surface area contributed by atoms with Gasteiger partial charge in [0.25, 0.3) is 0 Å². The van der Waals surface area contributed by atoms with Gasteiger partial charge in [-0.25, -0.2) is 14.4 Å². The first-order valence-electron chi connectivity index (χ1n) is 12.4. The molecular formula is C28H32FN7. The third kappa shape index (κ3) is 4.45. The van der Waals surface area contributed by atoms with E-state index in [2.05, 4.69) is 51.1 Å². The highest BCUT2D eigenvalue weighted by atomic mass is 19.1. The Morgan fingerprint density at radius 3 is 2.86 bits per heavy atom. The number of hydrogen-bond acceptors (Lipinski definition) is 6. The fourth-order valence-electron chi connectivity index (χ4n) is 4.90. The molecule has 1 saturated heterocycles. The van der Waals surface area contributed by atoms with Crippen LogP contribution in [0.15, 0.2) is 61.6 Å². The molecule has 8 heteroatoms. The molecule has 0 aliphatic carbocycles. The van der Waals surface area contributed by atoms with Crippen LogP contribution in [0.1, 0.15) is 23.6 Å². The van der Waals surface area contributed by atoms with Gasteiger partial charge in [0, 0.05) is 61.1 Å². The van der Waals surface area contributed by atoms with Gasteiger partial charge in [-0.3, -0.25) is 4.40 Å². The van der Waals surface area contributed by atoms with Crippen molar-refractivity contribution in [3.8, 4) is 11.3 Å². The molecule has 2 aromatic heterocycles. The molecule has 1 unspecified atom stereocenters. The lowest BCUT2D eigenvalue weighted by Gasteiger charge is -2.39. The van der Waals surface area contributed by atoms with E-state index in [0.717, 1.165) is 53.4 Å². The molecule has 36 heavy (non-hydrogen) atoms. The van der Waals surface area contributed by atoms with Crippen LogP contribution in [0.3, 0.4) is 0 Å². The highest BCUT2D eigenvalue weighted by molar-refractivity contribution is 5.76. The number of rotatable bonds is 7. The first kappa shape index (κ1) is 24.0. The fraction of sp³-hybridized carbons (Fsp3) is 0.286. The molecule has 1 aliphatic heterocycles. The number of aryl methyl sites for hydroxylation is 2. The fourth-order valence-corrected chi connectivity index (χ4v) is 4.90. The summed E-state index contributed by atoms with van der Waals surface area (Å²) >= 11 is 0. The van der Waals surface area contributed by atoms with Gasteiger partial charge in [0.1, 0.15) is 5.82 Å². The van der Waals surface area contributed by atoms with Gasteiger partial charge in [0.2, 0.25) is 0 Å². The van der Waals surface area contributed by atoms with E-state index in [1.165, 1.54) is 0 Å². The lowest BCUT2D eigenvalue weighted by Crippen LogP contribution is -2.53. The average molecular weight is 486 g/mol. The monoisotopic (exact) mass is 485 g/mol. The minimum Gasteiger partial charge on any atom is -0.365 e. The third-order valence-corrected chi connectivity index (χ3v) is 6.93. The number of anilines is 2. The number of fused-ring (bicyclic) bond motifs is 1. The normalized spacial score (nSPS) is 15.9. The van der Waals surface area contributed by atoms with E-state index in [1.54, 1.807) is 18.5 Å². The second kappa shape index (κ2) is 10.1. The van der Waals surface area contributed by atoms with Crippen LogP contribution in [0, 0.1) is 12.7 Å². The van der Waals surface area contributed by atoms with Crippen molar-refractivity contribution in [3.05, 3.63) is 84.1 Å². The molecule has 3 heterocycles. The zero-order valence-corrected chi connectivity index (χ0v) is 20.8. The first-order chi connectivity index (χ1) is 17.5.